The Bertz CT molecular complexity index is 1400. The van der Waals surface area contributed by atoms with Crippen molar-refractivity contribution in [1.82, 2.24) is 25.1 Å². The molecule has 3 aromatic rings. The molecule has 1 aliphatic rings. The molecule has 0 aliphatic heterocycles. The second kappa shape index (κ2) is 15.4. The van der Waals surface area contributed by atoms with Crippen molar-refractivity contribution in [3.63, 3.8) is 0 Å². The van der Waals surface area contributed by atoms with E-state index >= 15 is 0 Å². The number of nitrogens with zero attached hydrogens (tertiary/aromatic N) is 4. The summed E-state index contributed by atoms with van der Waals surface area (Å²) in [7, 11) is 0. The van der Waals surface area contributed by atoms with E-state index in [-0.39, 0.29) is 24.3 Å². The Kier molecular flexibility index (Phi) is 11.6. The quantitative estimate of drug-likeness (QED) is 0.224. The molecule has 0 bridgehead atoms. The maximum Gasteiger partial charge on any atom is 0.226 e. The number of aromatic nitrogens is 2. The molecule has 10 heteroatoms. The maximum atomic E-state index is 13.4. The first kappa shape index (κ1) is 31.8. The van der Waals surface area contributed by atoms with Crippen LogP contribution in [-0.4, -0.2) is 44.1 Å². The van der Waals surface area contributed by atoms with Gasteiger partial charge in [0.2, 0.25) is 5.91 Å². The lowest BCUT2D eigenvalue weighted by molar-refractivity contribution is -0.121. The molecule has 2 aromatic carbocycles. The minimum Gasteiger partial charge on any atom is -0.360 e. The monoisotopic (exact) mass is 624 g/mol. The van der Waals surface area contributed by atoms with Crippen molar-refractivity contribution in [2.75, 3.05) is 6.54 Å². The molecule has 4 rings (SSSR count). The lowest BCUT2D eigenvalue weighted by atomic mass is 9.98. The highest BCUT2D eigenvalue weighted by Gasteiger charge is 2.26. The molecule has 1 heterocycles. The summed E-state index contributed by atoms with van der Waals surface area (Å²) in [6.07, 6.45) is 9.18. The summed E-state index contributed by atoms with van der Waals surface area (Å²) in [6.45, 7) is 5.87. The van der Waals surface area contributed by atoms with E-state index < -0.39 is 0 Å². The molecule has 0 spiro atoms. The van der Waals surface area contributed by atoms with Crippen molar-refractivity contribution in [1.29, 1.82) is 5.26 Å². The molecule has 1 amide bonds. The highest BCUT2D eigenvalue weighted by atomic mass is 35.5. The lowest BCUT2D eigenvalue weighted by Crippen LogP contribution is -2.52. The first-order chi connectivity index (χ1) is 20.3. The van der Waals surface area contributed by atoms with Gasteiger partial charge in [0.1, 0.15) is 0 Å². The minimum absolute atomic E-state index is 0.0720. The van der Waals surface area contributed by atoms with Gasteiger partial charge in [0, 0.05) is 43.6 Å². The highest BCUT2D eigenvalue weighted by Crippen LogP contribution is 2.27. The highest BCUT2D eigenvalue weighted by molar-refractivity contribution is 7.80. The average Bonchev–Trinajstić information content (AvgIpc) is 3.66. The first-order valence-electron chi connectivity index (χ1n) is 14.5. The largest absolute Gasteiger partial charge is 0.360 e. The number of rotatable bonds is 12. The van der Waals surface area contributed by atoms with E-state index in [1.807, 2.05) is 28.8 Å². The third-order valence-electron chi connectivity index (χ3n) is 8.03. The molecule has 2 N–H and O–H groups in total. The molecular weight excluding hydrogens is 587 g/mol. The van der Waals surface area contributed by atoms with Crippen LogP contribution in [0.1, 0.15) is 68.3 Å². The van der Waals surface area contributed by atoms with E-state index in [2.05, 4.69) is 40.4 Å². The second-order valence-electron chi connectivity index (χ2n) is 11.1. The minimum atomic E-state index is -0.140. The molecule has 0 radical (unpaired) electrons. The number of hydrogen-bond acceptors (Lipinski definition) is 4. The topological polar surface area (TPSA) is 86.0 Å². The van der Waals surface area contributed by atoms with Gasteiger partial charge in [0.25, 0.3) is 0 Å². The third-order valence-corrected chi connectivity index (χ3v) is 9.27. The standard InChI is InChI=1S/C32H38Cl2N6OS/c1-3-22(2)29(38-30(41)15-27-17-36-21-40(27)18-24-13-11-23(16-35)12-14-24)20-39(32(42)37-26-8-4-5-9-26)19-25-7-6-10-28(33)31(25)34/h6-7,10-14,17,21-22,26,29H,3-5,8-9,15,18-20H2,1-2H3,(H,37,42)(H,38,41)/t22-,29+/m0/s1. The van der Waals surface area contributed by atoms with Gasteiger partial charge in [0.05, 0.1) is 34.4 Å². The number of nitrogens with one attached hydrogen (secondary N) is 2. The van der Waals surface area contributed by atoms with Crippen LogP contribution < -0.4 is 10.6 Å². The SMILES string of the molecule is CC[C@H](C)[C@@H](CN(Cc1cccc(Cl)c1Cl)C(=S)NC1CCCC1)NC(=O)Cc1cncn1Cc1ccc(C#N)cc1. The van der Waals surface area contributed by atoms with Crippen LogP contribution >= 0.6 is 35.4 Å². The molecule has 0 unspecified atom stereocenters. The Morgan fingerprint density at radius 1 is 1.21 bits per heavy atom. The zero-order valence-corrected chi connectivity index (χ0v) is 26.5. The van der Waals surface area contributed by atoms with Gasteiger partial charge in [-0.15, -0.1) is 0 Å². The van der Waals surface area contributed by atoms with Crippen LogP contribution in [0.25, 0.3) is 0 Å². The van der Waals surface area contributed by atoms with E-state index in [4.69, 9.17) is 40.7 Å². The van der Waals surface area contributed by atoms with Gasteiger partial charge < -0.3 is 20.1 Å². The Morgan fingerprint density at radius 3 is 2.64 bits per heavy atom. The summed E-state index contributed by atoms with van der Waals surface area (Å²) in [5.74, 6) is 0.140. The molecule has 0 saturated heterocycles. The van der Waals surface area contributed by atoms with E-state index in [0.717, 1.165) is 36.1 Å². The van der Waals surface area contributed by atoms with E-state index in [1.54, 1.807) is 30.7 Å². The molecule has 1 fully saturated rings. The number of carbonyl (C=O) groups excluding carboxylic acids is 1. The Morgan fingerprint density at radius 2 is 1.95 bits per heavy atom. The van der Waals surface area contributed by atoms with Crippen molar-refractivity contribution in [2.24, 2.45) is 5.92 Å². The Hall–Kier alpha value is -3.12. The second-order valence-corrected chi connectivity index (χ2v) is 12.3. The first-order valence-corrected chi connectivity index (χ1v) is 15.7. The number of imidazole rings is 1. The van der Waals surface area contributed by atoms with Gasteiger partial charge in [-0.25, -0.2) is 4.98 Å². The predicted molar refractivity (Wildman–Crippen MR) is 172 cm³/mol. The van der Waals surface area contributed by atoms with Gasteiger partial charge >= 0.3 is 0 Å². The molecule has 2 atom stereocenters. The number of carbonyl (C=O) groups is 1. The molecule has 1 saturated carbocycles. The van der Waals surface area contributed by atoms with Crippen LogP contribution in [0.2, 0.25) is 10.0 Å². The fourth-order valence-electron chi connectivity index (χ4n) is 5.26. The predicted octanol–water partition coefficient (Wildman–Crippen LogP) is 6.50. The van der Waals surface area contributed by atoms with Crippen LogP contribution in [0.15, 0.2) is 55.0 Å². The summed E-state index contributed by atoms with van der Waals surface area (Å²) in [5.41, 5.74) is 3.36. The number of amides is 1. The summed E-state index contributed by atoms with van der Waals surface area (Å²) < 4.78 is 1.97. The van der Waals surface area contributed by atoms with Gasteiger partial charge in [-0.3, -0.25) is 4.79 Å². The van der Waals surface area contributed by atoms with Gasteiger partial charge in [-0.2, -0.15) is 5.26 Å². The van der Waals surface area contributed by atoms with E-state index in [1.165, 1.54) is 12.8 Å². The van der Waals surface area contributed by atoms with Crippen molar-refractivity contribution in [2.45, 2.75) is 77.5 Å². The maximum absolute atomic E-state index is 13.4. The third kappa shape index (κ3) is 8.70. The number of nitriles is 1. The van der Waals surface area contributed by atoms with Crippen LogP contribution in [0.3, 0.4) is 0 Å². The van der Waals surface area contributed by atoms with Crippen molar-refractivity contribution >= 4 is 46.4 Å². The smallest absolute Gasteiger partial charge is 0.226 e. The fraction of sp³-hybridized carbons (Fsp3) is 0.438. The molecule has 1 aliphatic carbocycles. The van der Waals surface area contributed by atoms with Crippen LogP contribution in [0.4, 0.5) is 0 Å². The van der Waals surface area contributed by atoms with Gasteiger partial charge in [-0.05, 0) is 60.3 Å². The molecule has 7 nitrogen and oxygen atoms in total. The summed E-state index contributed by atoms with van der Waals surface area (Å²) >= 11 is 18.8. The summed E-state index contributed by atoms with van der Waals surface area (Å²) in [6, 6.07) is 15.4. The number of thiocarbonyl (C=S) groups is 1. The molecule has 1 aromatic heterocycles. The molecule has 222 valence electrons. The van der Waals surface area contributed by atoms with Gasteiger partial charge in [0.15, 0.2) is 5.11 Å². The molecule has 42 heavy (non-hydrogen) atoms. The average molecular weight is 626 g/mol. The zero-order valence-electron chi connectivity index (χ0n) is 24.2. The number of halogens is 2. The van der Waals surface area contributed by atoms with Crippen molar-refractivity contribution in [3.05, 3.63) is 87.4 Å². The number of hydrogen-bond donors (Lipinski definition) is 2. The van der Waals surface area contributed by atoms with Crippen LogP contribution in [0, 0.1) is 17.2 Å². The van der Waals surface area contributed by atoms with Gasteiger partial charge in [-0.1, -0.05) is 80.6 Å². The van der Waals surface area contributed by atoms with Crippen LogP contribution in [-0.2, 0) is 24.3 Å². The zero-order chi connectivity index (χ0) is 30.1. The Labute approximate surface area is 264 Å². The lowest BCUT2D eigenvalue weighted by Gasteiger charge is -2.34. The summed E-state index contributed by atoms with van der Waals surface area (Å²) in [4.78, 5) is 19.8. The fourth-order valence-corrected chi connectivity index (χ4v) is 5.95. The normalized spacial score (nSPS) is 14.6. The van der Waals surface area contributed by atoms with E-state index in [9.17, 15) is 4.79 Å². The number of benzene rings is 2. The molecular formula is C32H38Cl2N6OS. The Balaban J connectivity index is 1.47. The van der Waals surface area contributed by atoms with E-state index in [0.29, 0.717) is 46.4 Å². The van der Waals surface area contributed by atoms with Crippen molar-refractivity contribution in [3.8, 4) is 6.07 Å². The van der Waals surface area contributed by atoms with Crippen LogP contribution in [0.5, 0.6) is 0 Å². The summed E-state index contributed by atoms with van der Waals surface area (Å²) in [5, 5.41) is 17.6. The van der Waals surface area contributed by atoms with Crippen molar-refractivity contribution < 1.29 is 4.79 Å².